The molecule has 0 amide bonds. The van der Waals surface area contributed by atoms with Crippen molar-refractivity contribution in [1.82, 2.24) is 0 Å². The van der Waals surface area contributed by atoms with Gasteiger partial charge >= 0.3 is 5.63 Å². The Hall–Kier alpha value is -2.52. The van der Waals surface area contributed by atoms with Crippen LogP contribution in [0.3, 0.4) is 0 Å². The lowest BCUT2D eigenvalue weighted by Gasteiger charge is -2.07. The number of furan rings is 1. The Labute approximate surface area is 148 Å². The van der Waals surface area contributed by atoms with E-state index in [4.69, 9.17) is 20.4 Å². The normalized spacial score (nSPS) is 13.7. The van der Waals surface area contributed by atoms with Crippen molar-refractivity contribution in [3.63, 3.8) is 0 Å². The van der Waals surface area contributed by atoms with Crippen LogP contribution in [0.15, 0.2) is 50.0 Å². The molecule has 0 radical (unpaired) electrons. The minimum atomic E-state index is -0.363. The zero-order chi connectivity index (χ0) is 17.1. The Morgan fingerprint density at radius 3 is 2.56 bits per heavy atom. The first kappa shape index (κ1) is 14.8. The molecule has 124 valence electrons. The van der Waals surface area contributed by atoms with Gasteiger partial charge < -0.3 is 8.83 Å². The second-order valence-corrected chi connectivity index (χ2v) is 7.08. The van der Waals surface area contributed by atoms with Gasteiger partial charge in [0.05, 0.1) is 0 Å². The zero-order valence-corrected chi connectivity index (χ0v) is 14.4. The number of hydrogen-bond acceptors (Lipinski definition) is 3. The second kappa shape index (κ2) is 5.24. The summed E-state index contributed by atoms with van der Waals surface area (Å²) in [6.45, 7) is 1.99. The highest BCUT2D eigenvalue weighted by Crippen LogP contribution is 2.38. The van der Waals surface area contributed by atoms with Crippen molar-refractivity contribution in [3.05, 3.63) is 68.5 Å². The smallest absolute Gasteiger partial charge is 0.336 e. The fourth-order valence-electron chi connectivity index (χ4n) is 3.87. The summed E-state index contributed by atoms with van der Waals surface area (Å²) in [6.07, 6.45) is 3.26. The quantitative estimate of drug-likeness (QED) is 0.416. The molecular formula is C21H15ClO3. The summed E-state index contributed by atoms with van der Waals surface area (Å²) in [5, 5.41) is 2.55. The number of rotatable bonds is 1. The van der Waals surface area contributed by atoms with Crippen LogP contribution in [0.2, 0.25) is 5.02 Å². The molecule has 0 saturated carbocycles. The van der Waals surface area contributed by atoms with Gasteiger partial charge in [-0.3, -0.25) is 0 Å². The van der Waals surface area contributed by atoms with Crippen molar-refractivity contribution < 1.29 is 8.83 Å². The lowest BCUT2D eigenvalue weighted by Crippen LogP contribution is -1.99. The molecule has 0 atom stereocenters. The van der Waals surface area contributed by atoms with Crippen molar-refractivity contribution in [1.29, 1.82) is 0 Å². The molecule has 3 nitrogen and oxygen atoms in total. The summed E-state index contributed by atoms with van der Waals surface area (Å²) in [4.78, 5) is 12.1. The van der Waals surface area contributed by atoms with E-state index in [-0.39, 0.29) is 5.63 Å². The fraction of sp³-hybridized carbons (Fsp3) is 0.190. The van der Waals surface area contributed by atoms with E-state index in [1.165, 1.54) is 17.2 Å². The molecule has 2 aromatic heterocycles. The van der Waals surface area contributed by atoms with Crippen LogP contribution in [0.5, 0.6) is 0 Å². The minimum absolute atomic E-state index is 0.363. The lowest BCUT2D eigenvalue weighted by atomic mass is 10.00. The van der Waals surface area contributed by atoms with Crippen molar-refractivity contribution in [2.24, 2.45) is 0 Å². The number of aryl methyl sites for hydroxylation is 3. The van der Waals surface area contributed by atoms with Crippen LogP contribution in [0.4, 0.5) is 0 Å². The number of hydrogen-bond donors (Lipinski definition) is 0. The highest BCUT2D eigenvalue weighted by Gasteiger charge is 2.20. The van der Waals surface area contributed by atoms with Crippen LogP contribution >= 0.6 is 11.6 Å². The Morgan fingerprint density at radius 2 is 1.72 bits per heavy atom. The van der Waals surface area contributed by atoms with Crippen molar-refractivity contribution >= 4 is 33.5 Å². The van der Waals surface area contributed by atoms with E-state index in [1.807, 2.05) is 25.1 Å². The van der Waals surface area contributed by atoms with Gasteiger partial charge in [-0.1, -0.05) is 11.6 Å². The van der Waals surface area contributed by atoms with Gasteiger partial charge in [0.2, 0.25) is 0 Å². The molecule has 0 fully saturated rings. The van der Waals surface area contributed by atoms with Crippen molar-refractivity contribution in [3.8, 4) is 11.3 Å². The summed E-state index contributed by atoms with van der Waals surface area (Å²) in [5.41, 5.74) is 5.40. The summed E-state index contributed by atoms with van der Waals surface area (Å²) in [7, 11) is 0. The highest BCUT2D eigenvalue weighted by atomic mass is 35.5. The predicted molar refractivity (Wildman–Crippen MR) is 99.5 cm³/mol. The Morgan fingerprint density at radius 1 is 0.920 bits per heavy atom. The van der Waals surface area contributed by atoms with E-state index in [2.05, 4.69) is 6.07 Å². The number of fused-ring (bicyclic) bond motifs is 3. The Balaban J connectivity index is 1.86. The maximum atomic E-state index is 12.1. The largest absolute Gasteiger partial charge is 0.456 e. The highest BCUT2D eigenvalue weighted by molar-refractivity contribution is 6.31. The average molecular weight is 351 g/mol. The van der Waals surface area contributed by atoms with Gasteiger partial charge in [-0.25, -0.2) is 4.79 Å². The third-order valence-electron chi connectivity index (χ3n) is 5.10. The molecule has 25 heavy (non-hydrogen) atoms. The van der Waals surface area contributed by atoms with Crippen LogP contribution < -0.4 is 5.63 Å². The van der Waals surface area contributed by atoms with E-state index < -0.39 is 0 Å². The maximum absolute atomic E-state index is 12.1. The molecule has 0 N–H and O–H groups in total. The molecule has 0 bridgehead atoms. The average Bonchev–Trinajstić information content (AvgIpc) is 3.17. The zero-order valence-electron chi connectivity index (χ0n) is 13.7. The van der Waals surface area contributed by atoms with Gasteiger partial charge in [0.15, 0.2) is 0 Å². The summed E-state index contributed by atoms with van der Waals surface area (Å²) < 4.78 is 11.5. The summed E-state index contributed by atoms with van der Waals surface area (Å²) in [6, 6.07) is 11.2. The number of halogens is 1. The predicted octanol–water partition coefficient (Wildman–Crippen LogP) is 5.66. The van der Waals surface area contributed by atoms with E-state index in [1.54, 1.807) is 6.07 Å². The summed E-state index contributed by atoms with van der Waals surface area (Å²) >= 11 is 6.12. The van der Waals surface area contributed by atoms with Gasteiger partial charge in [-0.2, -0.15) is 0 Å². The van der Waals surface area contributed by atoms with Crippen LogP contribution in [0, 0.1) is 6.92 Å². The molecule has 4 aromatic rings. The molecule has 1 aliphatic carbocycles. The first-order valence-corrected chi connectivity index (χ1v) is 8.76. The van der Waals surface area contributed by atoms with Gasteiger partial charge in [0, 0.05) is 33.0 Å². The van der Waals surface area contributed by atoms with Crippen LogP contribution in [0.1, 0.15) is 23.1 Å². The molecule has 2 aromatic carbocycles. The first-order valence-electron chi connectivity index (χ1n) is 8.39. The molecule has 4 heteroatoms. The Kier molecular flexibility index (Phi) is 3.10. The van der Waals surface area contributed by atoms with Gasteiger partial charge in [-0.05, 0) is 67.6 Å². The Bertz CT molecular complexity index is 1210. The topological polar surface area (TPSA) is 43.4 Å². The number of benzene rings is 2. The van der Waals surface area contributed by atoms with E-state index in [0.29, 0.717) is 16.4 Å². The van der Waals surface area contributed by atoms with Crippen LogP contribution in [0.25, 0.3) is 33.3 Å². The lowest BCUT2D eigenvalue weighted by molar-refractivity contribution is 0.559. The van der Waals surface area contributed by atoms with Crippen LogP contribution in [-0.4, -0.2) is 0 Å². The monoisotopic (exact) mass is 350 g/mol. The summed E-state index contributed by atoms with van der Waals surface area (Å²) in [5.74, 6) is 0.702. The first-order chi connectivity index (χ1) is 12.1. The third kappa shape index (κ3) is 2.23. The standard InChI is InChI=1S/C21H15ClO3/c1-11-15-9-14(22)5-6-18(15)25-21(11)17-10-20(23)24-19-8-13-4-2-3-12(13)7-16(17)19/h5-10H,2-4H2,1H3. The fourth-order valence-corrected chi connectivity index (χ4v) is 4.04. The van der Waals surface area contributed by atoms with E-state index in [9.17, 15) is 4.79 Å². The van der Waals surface area contributed by atoms with Gasteiger partial charge in [-0.15, -0.1) is 0 Å². The second-order valence-electron chi connectivity index (χ2n) is 6.65. The molecule has 5 rings (SSSR count). The third-order valence-corrected chi connectivity index (χ3v) is 5.33. The van der Waals surface area contributed by atoms with Gasteiger partial charge in [0.1, 0.15) is 16.9 Å². The maximum Gasteiger partial charge on any atom is 0.336 e. The van der Waals surface area contributed by atoms with Gasteiger partial charge in [0.25, 0.3) is 0 Å². The molecule has 0 spiro atoms. The van der Waals surface area contributed by atoms with Crippen molar-refractivity contribution in [2.45, 2.75) is 26.2 Å². The molecule has 0 aliphatic heterocycles. The molecule has 0 saturated heterocycles. The SMILES string of the molecule is Cc1c(-c2cc(=O)oc3cc4c(cc23)CCC4)oc2ccc(Cl)cc12. The van der Waals surface area contributed by atoms with Crippen LogP contribution in [-0.2, 0) is 12.8 Å². The van der Waals surface area contributed by atoms with E-state index in [0.717, 1.165) is 46.7 Å². The molecular weight excluding hydrogens is 336 g/mol. The van der Waals surface area contributed by atoms with Crippen molar-refractivity contribution in [2.75, 3.05) is 0 Å². The molecule has 1 aliphatic rings. The molecule has 2 heterocycles. The minimum Gasteiger partial charge on any atom is -0.456 e. The molecule has 0 unspecified atom stereocenters. The van der Waals surface area contributed by atoms with E-state index >= 15 is 0 Å².